The van der Waals surface area contributed by atoms with Crippen molar-refractivity contribution in [3.05, 3.63) is 57.9 Å². The van der Waals surface area contributed by atoms with Crippen molar-refractivity contribution >= 4 is 17.4 Å². The predicted molar refractivity (Wildman–Crippen MR) is 131 cm³/mol. The summed E-state index contributed by atoms with van der Waals surface area (Å²) in [5.41, 5.74) is 9.07. The third kappa shape index (κ3) is 3.95. The number of rotatable bonds is 4. The lowest BCUT2D eigenvalue weighted by atomic mass is 9.80. The predicted octanol–water partition coefficient (Wildman–Crippen LogP) is 6.05. The van der Waals surface area contributed by atoms with Gasteiger partial charge in [0.15, 0.2) is 5.54 Å². The summed E-state index contributed by atoms with van der Waals surface area (Å²) < 4.78 is 18.1. The molecule has 0 unspecified atom stereocenters. The highest BCUT2D eigenvalue weighted by Gasteiger charge is 2.47. The molecule has 2 aliphatic rings. The van der Waals surface area contributed by atoms with Crippen LogP contribution in [-0.4, -0.2) is 24.2 Å². The van der Waals surface area contributed by atoms with Crippen LogP contribution in [0, 0.1) is 5.41 Å². The SMILES string of the molecule is CC(C)c1nc(-c2ccc3c(c2)[C@@]2(COC(N)=N2)c2cc(OCC(C)(C)C)ccc2O3)cs1. The van der Waals surface area contributed by atoms with Gasteiger partial charge >= 0.3 is 0 Å². The van der Waals surface area contributed by atoms with E-state index in [1.165, 1.54) is 0 Å². The highest BCUT2D eigenvalue weighted by atomic mass is 32.1. The van der Waals surface area contributed by atoms with E-state index in [0.717, 1.165) is 44.6 Å². The molecule has 0 saturated carbocycles. The van der Waals surface area contributed by atoms with Crippen LogP contribution >= 0.6 is 11.3 Å². The van der Waals surface area contributed by atoms with E-state index in [4.69, 9.17) is 29.9 Å². The second-order valence-electron chi connectivity index (χ2n) is 10.1. The summed E-state index contributed by atoms with van der Waals surface area (Å²) in [7, 11) is 0. The molecule has 33 heavy (non-hydrogen) atoms. The molecular formula is C26H29N3O3S. The number of aliphatic imine (C=N–C) groups is 1. The van der Waals surface area contributed by atoms with Crippen molar-refractivity contribution in [2.45, 2.75) is 46.1 Å². The Morgan fingerprint density at radius 3 is 2.48 bits per heavy atom. The lowest BCUT2D eigenvalue weighted by Gasteiger charge is -2.34. The van der Waals surface area contributed by atoms with Crippen molar-refractivity contribution in [1.29, 1.82) is 0 Å². The van der Waals surface area contributed by atoms with Gasteiger partial charge in [0.2, 0.25) is 0 Å². The van der Waals surface area contributed by atoms with Crippen LogP contribution in [0.25, 0.3) is 11.3 Å². The Labute approximate surface area is 198 Å². The number of nitrogens with two attached hydrogens (primary N) is 1. The number of benzene rings is 2. The smallest absolute Gasteiger partial charge is 0.283 e. The van der Waals surface area contributed by atoms with Crippen LogP contribution < -0.4 is 15.2 Å². The normalized spacial score (nSPS) is 19.0. The van der Waals surface area contributed by atoms with Gasteiger partial charge in [0.05, 0.1) is 17.3 Å². The summed E-state index contributed by atoms with van der Waals surface area (Å²) in [6.45, 7) is 11.7. The van der Waals surface area contributed by atoms with E-state index in [-0.39, 0.29) is 11.4 Å². The number of thiazole rings is 1. The maximum absolute atomic E-state index is 6.30. The summed E-state index contributed by atoms with van der Waals surface area (Å²) in [5.74, 6) is 2.64. The largest absolute Gasteiger partial charge is 0.493 e. The topological polar surface area (TPSA) is 79.0 Å². The van der Waals surface area contributed by atoms with Gasteiger partial charge in [-0.15, -0.1) is 11.3 Å². The van der Waals surface area contributed by atoms with Crippen LogP contribution in [0.2, 0.25) is 0 Å². The molecule has 0 aliphatic carbocycles. The molecule has 1 atom stereocenters. The molecule has 0 saturated heterocycles. The van der Waals surface area contributed by atoms with Crippen molar-refractivity contribution < 1.29 is 14.2 Å². The van der Waals surface area contributed by atoms with E-state index in [2.05, 4.69) is 46.1 Å². The fourth-order valence-electron chi connectivity index (χ4n) is 4.07. The minimum absolute atomic E-state index is 0.0486. The molecule has 2 aliphatic heterocycles. The molecule has 6 nitrogen and oxygen atoms in total. The van der Waals surface area contributed by atoms with Gasteiger partial charge in [-0.2, -0.15) is 0 Å². The Bertz CT molecular complexity index is 1240. The number of hydrogen-bond acceptors (Lipinski definition) is 7. The van der Waals surface area contributed by atoms with Crippen LogP contribution in [0.15, 0.2) is 46.8 Å². The number of aromatic nitrogens is 1. The fourth-order valence-corrected chi connectivity index (χ4v) is 4.91. The summed E-state index contributed by atoms with van der Waals surface area (Å²) in [6.07, 6.45) is 0. The van der Waals surface area contributed by atoms with Crippen molar-refractivity contribution in [1.82, 2.24) is 4.98 Å². The lowest BCUT2D eigenvalue weighted by molar-refractivity contribution is 0.197. The molecule has 0 amide bonds. The van der Waals surface area contributed by atoms with E-state index < -0.39 is 5.54 Å². The minimum Gasteiger partial charge on any atom is -0.493 e. The van der Waals surface area contributed by atoms with Crippen molar-refractivity contribution in [2.24, 2.45) is 16.1 Å². The Balaban J connectivity index is 1.60. The average Bonchev–Trinajstić information content (AvgIpc) is 3.40. The van der Waals surface area contributed by atoms with Gasteiger partial charge < -0.3 is 19.9 Å². The molecule has 0 radical (unpaired) electrons. The molecule has 1 spiro atoms. The molecule has 1 aromatic heterocycles. The van der Waals surface area contributed by atoms with Crippen LogP contribution in [0.5, 0.6) is 17.2 Å². The van der Waals surface area contributed by atoms with Gasteiger partial charge in [0.1, 0.15) is 23.9 Å². The van der Waals surface area contributed by atoms with Gasteiger partial charge in [0, 0.05) is 28.0 Å². The van der Waals surface area contributed by atoms with E-state index in [1.54, 1.807) is 11.3 Å². The molecule has 7 heteroatoms. The molecule has 5 rings (SSSR count). The first-order valence-corrected chi connectivity index (χ1v) is 12.1. The summed E-state index contributed by atoms with van der Waals surface area (Å²) in [4.78, 5) is 9.63. The lowest BCUT2D eigenvalue weighted by Crippen LogP contribution is -2.31. The first-order chi connectivity index (χ1) is 15.6. The minimum atomic E-state index is -0.791. The van der Waals surface area contributed by atoms with Gasteiger partial charge in [-0.3, -0.25) is 0 Å². The molecule has 172 valence electrons. The standard InChI is InChI=1S/C26H29N3O3S/c1-15(2)23-28-20(12-33-23)16-6-8-21-18(10-16)26(14-31-24(27)29-26)19-11-17(7-9-22(19)32-21)30-13-25(3,4)5/h6-12,15H,13-14H2,1-5H3,(H2,27,29)/t26-/m0/s1. The molecule has 0 bridgehead atoms. The highest BCUT2D eigenvalue weighted by Crippen LogP contribution is 2.52. The average molecular weight is 464 g/mol. The third-order valence-electron chi connectivity index (χ3n) is 5.76. The summed E-state index contributed by atoms with van der Waals surface area (Å²) in [6, 6.07) is 12.2. The monoisotopic (exact) mass is 463 g/mol. The Kier molecular flexibility index (Phi) is 5.12. The van der Waals surface area contributed by atoms with Crippen LogP contribution in [-0.2, 0) is 10.3 Å². The van der Waals surface area contributed by atoms with Crippen molar-refractivity contribution in [3.8, 4) is 28.5 Å². The molecule has 3 aromatic rings. The number of ether oxygens (including phenoxy) is 3. The van der Waals surface area contributed by atoms with E-state index >= 15 is 0 Å². The zero-order valence-electron chi connectivity index (χ0n) is 19.6. The number of amidine groups is 1. The maximum Gasteiger partial charge on any atom is 0.283 e. The third-order valence-corrected chi connectivity index (χ3v) is 6.90. The van der Waals surface area contributed by atoms with Crippen LogP contribution in [0.1, 0.15) is 56.7 Å². The second kappa shape index (κ2) is 7.76. The zero-order chi connectivity index (χ0) is 23.4. The molecular weight excluding hydrogens is 434 g/mol. The Morgan fingerprint density at radius 1 is 1.12 bits per heavy atom. The quantitative estimate of drug-likeness (QED) is 0.509. The highest BCUT2D eigenvalue weighted by molar-refractivity contribution is 7.10. The van der Waals surface area contributed by atoms with Gasteiger partial charge in [0.25, 0.3) is 6.02 Å². The Morgan fingerprint density at radius 2 is 1.85 bits per heavy atom. The van der Waals surface area contributed by atoms with Crippen LogP contribution in [0.3, 0.4) is 0 Å². The first kappa shape index (κ1) is 21.8. The summed E-state index contributed by atoms with van der Waals surface area (Å²) in [5, 5.41) is 3.22. The van der Waals surface area contributed by atoms with E-state index in [1.807, 2.05) is 30.3 Å². The van der Waals surface area contributed by atoms with Crippen molar-refractivity contribution in [3.63, 3.8) is 0 Å². The Hall–Kier alpha value is -3.06. The summed E-state index contributed by atoms with van der Waals surface area (Å²) >= 11 is 1.68. The molecule has 3 heterocycles. The first-order valence-electron chi connectivity index (χ1n) is 11.2. The number of fused-ring (bicyclic) bond motifs is 4. The van der Waals surface area contributed by atoms with Crippen molar-refractivity contribution in [2.75, 3.05) is 13.2 Å². The fraction of sp³-hybridized carbons (Fsp3) is 0.385. The van der Waals surface area contributed by atoms with Gasteiger partial charge in [-0.05, 0) is 41.8 Å². The number of nitrogens with zero attached hydrogens (tertiary/aromatic N) is 2. The molecule has 0 fully saturated rings. The molecule has 2 aromatic carbocycles. The van der Waals surface area contributed by atoms with E-state index in [0.29, 0.717) is 19.1 Å². The zero-order valence-corrected chi connectivity index (χ0v) is 20.5. The molecule has 2 N–H and O–H groups in total. The van der Waals surface area contributed by atoms with Crippen LogP contribution in [0.4, 0.5) is 0 Å². The van der Waals surface area contributed by atoms with E-state index in [9.17, 15) is 0 Å². The number of hydrogen-bond donors (Lipinski definition) is 1. The van der Waals surface area contributed by atoms with Gasteiger partial charge in [-0.1, -0.05) is 34.6 Å². The maximum atomic E-state index is 6.30. The van der Waals surface area contributed by atoms with Gasteiger partial charge in [-0.25, -0.2) is 9.98 Å². The second-order valence-corrected chi connectivity index (χ2v) is 11.0.